The number of carboxylic acids is 1. The third kappa shape index (κ3) is 1.77. The number of halogens is 1. The Morgan fingerprint density at radius 1 is 1.53 bits per heavy atom. The van der Waals surface area contributed by atoms with E-state index in [4.69, 9.17) is 9.84 Å². The molecule has 0 bridgehead atoms. The zero-order valence-electron chi connectivity index (χ0n) is 8.08. The second-order valence-electron chi connectivity index (χ2n) is 3.34. The minimum absolute atomic E-state index is 0.135. The average molecular weight is 269 g/mol. The molecule has 0 spiro atoms. The predicted molar refractivity (Wildman–Crippen MR) is 59.9 cm³/mol. The van der Waals surface area contributed by atoms with E-state index in [9.17, 15) is 4.79 Å². The van der Waals surface area contributed by atoms with Crippen LogP contribution in [-0.2, 0) is 4.79 Å². The first-order chi connectivity index (χ1) is 7.09. The van der Waals surface area contributed by atoms with E-state index < -0.39 is 5.97 Å². The lowest BCUT2D eigenvalue weighted by Gasteiger charge is -2.20. The zero-order chi connectivity index (χ0) is 11.0. The molecule has 0 amide bonds. The fraction of sp³-hybridized carbons (Fsp3) is 0.182. The normalized spacial score (nSPS) is 14.5. The molecule has 1 heterocycles. The van der Waals surface area contributed by atoms with Crippen molar-refractivity contribution >= 4 is 27.5 Å². The van der Waals surface area contributed by atoms with Crippen LogP contribution in [0.25, 0.3) is 5.57 Å². The summed E-state index contributed by atoms with van der Waals surface area (Å²) in [6.45, 7) is 1.94. The van der Waals surface area contributed by atoms with Gasteiger partial charge < -0.3 is 9.84 Å². The highest BCUT2D eigenvalue weighted by atomic mass is 79.9. The van der Waals surface area contributed by atoms with Crippen molar-refractivity contribution in [1.29, 1.82) is 0 Å². The van der Waals surface area contributed by atoms with Gasteiger partial charge in [-0.1, -0.05) is 15.9 Å². The van der Waals surface area contributed by atoms with E-state index in [2.05, 4.69) is 15.9 Å². The Bertz CT molecular complexity index is 463. The first-order valence-corrected chi connectivity index (χ1v) is 5.24. The molecular formula is C11H9BrO3. The Kier molecular flexibility index (Phi) is 2.52. The second-order valence-corrected chi connectivity index (χ2v) is 4.25. The maximum Gasteiger partial charge on any atom is 0.335 e. The van der Waals surface area contributed by atoms with E-state index >= 15 is 0 Å². The first-order valence-electron chi connectivity index (χ1n) is 4.45. The van der Waals surface area contributed by atoms with Gasteiger partial charge in [-0.05, 0) is 30.7 Å². The molecule has 0 atom stereocenters. The van der Waals surface area contributed by atoms with Crippen LogP contribution in [0, 0.1) is 0 Å². The molecule has 1 aromatic carbocycles. The van der Waals surface area contributed by atoms with Crippen molar-refractivity contribution in [2.75, 3.05) is 6.61 Å². The summed E-state index contributed by atoms with van der Waals surface area (Å²) >= 11 is 3.35. The highest BCUT2D eigenvalue weighted by Gasteiger charge is 2.21. The Morgan fingerprint density at radius 2 is 2.27 bits per heavy atom. The number of allylic oxidation sites excluding steroid dienone is 1. The third-order valence-corrected chi connectivity index (χ3v) is 2.92. The lowest BCUT2D eigenvalue weighted by Crippen LogP contribution is -2.16. The Morgan fingerprint density at radius 3 is 2.93 bits per heavy atom. The van der Waals surface area contributed by atoms with E-state index in [1.165, 1.54) is 0 Å². The van der Waals surface area contributed by atoms with E-state index in [1.807, 2.05) is 18.2 Å². The maximum absolute atomic E-state index is 10.9. The standard InChI is InChI=1S/C11H9BrO3/c1-6-8-4-7(12)2-3-10(8)15-5-9(6)11(13)14/h2-4H,5H2,1H3,(H,13,14). The van der Waals surface area contributed by atoms with Gasteiger partial charge in [0.1, 0.15) is 12.4 Å². The molecule has 0 unspecified atom stereocenters. The van der Waals surface area contributed by atoms with Gasteiger partial charge in [-0.25, -0.2) is 4.79 Å². The van der Waals surface area contributed by atoms with Crippen LogP contribution in [0.1, 0.15) is 12.5 Å². The molecule has 0 aromatic heterocycles. The molecule has 0 fully saturated rings. The van der Waals surface area contributed by atoms with Crippen LogP contribution in [0.2, 0.25) is 0 Å². The Hall–Kier alpha value is -1.29. The van der Waals surface area contributed by atoms with Crippen LogP contribution in [0.4, 0.5) is 0 Å². The van der Waals surface area contributed by atoms with Gasteiger partial charge in [0.2, 0.25) is 0 Å². The minimum Gasteiger partial charge on any atom is -0.488 e. The van der Waals surface area contributed by atoms with Crippen molar-refractivity contribution < 1.29 is 14.6 Å². The number of carbonyl (C=O) groups is 1. The summed E-state index contributed by atoms with van der Waals surface area (Å²) in [7, 11) is 0. The second kappa shape index (κ2) is 3.70. The minimum atomic E-state index is -0.918. The number of hydrogen-bond acceptors (Lipinski definition) is 2. The van der Waals surface area contributed by atoms with Gasteiger partial charge in [0.05, 0.1) is 5.57 Å². The number of rotatable bonds is 1. The van der Waals surface area contributed by atoms with Crippen molar-refractivity contribution in [2.45, 2.75) is 6.92 Å². The highest BCUT2D eigenvalue weighted by molar-refractivity contribution is 9.10. The molecule has 1 N–H and O–H groups in total. The Labute approximate surface area is 95.5 Å². The van der Waals surface area contributed by atoms with Crippen LogP contribution >= 0.6 is 15.9 Å². The van der Waals surface area contributed by atoms with Gasteiger partial charge in [0, 0.05) is 10.0 Å². The summed E-state index contributed by atoms with van der Waals surface area (Å²) in [4.78, 5) is 10.9. The van der Waals surface area contributed by atoms with E-state index in [-0.39, 0.29) is 6.61 Å². The highest BCUT2D eigenvalue weighted by Crippen LogP contribution is 2.34. The van der Waals surface area contributed by atoms with Crippen molar-refractivity contribution in [3.05, 3.63) is 33.8 Å². The number of fused-ring (bicyclic) bond motifs is 1. The lowest BCUT2D eigenvalue weighted by molar-refractivity contribution is -0.133. The number of carboxylic acid groups (broad SMARTS) is 1. The summed E-state index contributed by atoms with van der Waals surface area (Å²) in [5, 5.41) is 8.95. The largest absolute Gasteiger partial charge is 0.488 e. The number of aliphatic carboxylic acids is 1. The fourth-order valence-corrected chi connectivity index (χ4v) is 1.93. The van der Waals surface area contributed by atoms with Gasteiger partial charge in [-0.3, -0.25) is 0 Å². The molecule has 1 aromatic rings. The maximum atomic E-state index is 10.9. The summed E-state index contributed by atoms with van der Waals surface area (Å²) in [5.74, 6) is -0.182. The van der Waals surface area contributed by atoms with Crippen molar-refractivity contribution in [3.63, 3.8) is 0 Å². The molecule has 0 saturated heterocycles. The van der Waals surface area contributed by atoms with Crippen molar-refractivity contribution in [3.8, 4) is 5.75 Å². The van der Waals surface area contributed by atoms with Gasteiger partial charge in [-0.15, -0.1) is 0 Å². The average Bonchev–Trinajstić information content (AvgIpc) is 2.19. The van der Waals surface area contributed by atoms with E-state index in [0.717, 1.165) is 21.4 Å². The molecule has 1 aliphatic rings. The van der Waals surface area contributed by atoms with Crippen LogP contribution in [0.5, 0.6) is 5.75 Å². The van der Waals surface area contributed by atoms with Gasteiger partial charge in [0.25, 0.3) is 0 Å². The molecule has 1 aliphatic heterocycles. The smallest absolute Gasteiger partial charge is 0.335 e. The zero-order valence-corrected chi connectivity index (χ0v) is 9.67. The number of benzene rings is 1. The summed E-state index contributed by atoms with van der Waals surface area (Å²) < 4.78 is 6.28. The predicted octanol–water partition coefficient (Wildman–Crippen LogP) is 2.70. The van der Waals surface area contributed by atoms with Crippen LogP contribution in [0.3, 0.4) is 0 Å². The molecular weight excluding hydrogens is 260 g/mol. The molecule has 2 rings (SSSR count). The SMILES string of the molecule is CC1=C(C(=O)O)COc2ccc(Br)cc21. The molecule has 0 aliphatic carbocycles. The number of hydrogen-bond donors (Lipinski definition) is 1. The summed E-state index contributed by atoms with van der Waals surface area (Å²) in [5.41, 5.74) is 1.93. The molecule has 0 radical (unpaired) electrons. The van der Waals surface area contributed by atoms with Crippen molar-refractivity contribution in [2.24, 2.45) is 0 Å². The van der Waals surface area contributed by atoms with Gasteiger partial charge in [0.15, 0.2) is 0 Å². The fourth-order valence-electron chi connectivity index (χ4n) is 1.56. The molecule has 78 valence electrons. The van der Waals surface area contributed by atoms with Crippen LogP contribution in [0.15, 0.2) is 28.2 Å². The molecule has 0 saturated carbocycles. The van der Waals surface area contributed by atoms with Gasteiger partial charge >= 0.3 is 5.97 Å². The van der Waals surface area contributed by atoms with Crippen LogP contribution in [-0.4, -0.2) is 17.7 Å². The third-order valence-electron chi connectivity index (χ3n) is 2.43. The monoisotopic (exact) mass is 268 g/mol. The summed E-state index contributed by atoms with van der Waals surface area (Å²) in [6.07, 6.45) is 0. The lowest BCUT2D eigenvalue weighted by atomic mass is 9.99. The van der Waals surface area contributed by atoms with E-state index in [0.29, 0.717) is 5.57 Å². The molecule has 15 heavy (non-hydrogen) atoms. The molecule has 3 nitrogen and oxygen atoms in total. The first kappa shape index (κ1) is 10.2. The molecule has 4 heteroatoms. The van der Waals surface area contributed by atoms with Gasteiger partial charge in [-0.2, -0.15) is 0 Å². The van der Waals surface area contributed by atoms with Crippen LogP contribution < -0.4 is 4.74 Å². The number of ether oxygens (including phenoxy) is 1. The van der Waals surface area contributed by atoms with E-state index in [1.54, 1.807) is 6.92 Å². The summed E-state index contributed by atoms with van der Waals surface area (Å²) in [6, 6.07) is 5.58. The topological polar surface area (TPSA) is 46.5 Å². The van der Waals surface area contributed by atoms with Crippen molar-refractivity contribution in [1.82, 2.24) is 0 Å². The quantitative estimate of drug-likeness (QED) is 0.852. The Balaban J connectivity index is 2.59.